The molecule has 0 fully saturated rings. The van der Waals surface area contributed by atoms with E-state index >= 15 is 0 Å². The maximum absolute atomic E-state index is 11.8. The van der Waals surface area contributed by atoms with Gasteiger partial charge >= 0.3 is 0 Å². The molecule has 0 atom stereocenters. The fraction of sp³-hybridized carbons (Fsp3) is 0.176. The minimum atomic E-state index is -0.231. The first-order valence-corrected chi connectivity index (χ1v) is 6.85. The lowest BCUT2D eigenvalue weighted by Crippen LogP contribution is -2.20. The monoisotopic (exact) mass is 298 g/mol. The van der Waals surface area contributed by atoms with Crippen molar-refractivity contribution in [1.82, 2.24) is 5.43 Å². The van der Waals surface area contributed by atoms with Crippen LogP contribution < -0.4 is 5.43 Å². The van der Waals surface area contributed by atoms with Crippen LogP contribution in [0.2, 0.25) is 0 Å². The molecule has 0 aromatic heterocycles. The molecule has 0 saturated carbocycles. The van der Waals surface area contributed by atoms with Gasteiger partial charge in [-0.15, -0.1) is 0 Å². The number of aromatic hydroxyl groups is 2. The molecule has 114 valence electrons. The van der Waals surface area contributed by atoms with Crippen LogP contribution in [-0.2, 0) is 11.2 Å². The Kier molecular flexibility index (Phi) is 4.78. The largest absolute Gasteiger partial charge is 0.504 e. The van der Waals surface area contributed by atoms with Gasteiger partial charge in [0.25, 0.3) is 0 Å². The van der Waals surface area contributed by atoms with E-state index in [4.69, 9.17) is 0 Å². The van der Waals surface area contributed by atoms with Crippen LogP contribution in [0.15, 0.2) is 41.5 Å². The van der Waals surface area contributed by atoms with Gasteiger partial charge in [0.2, 0.25) is 5.91 Å². The number of rotatable bonds is 4. The van der Waals surface area contributed by atoms with Crippen molar-refractivity contribution in [3.8, 4) is 11.5 Å². The number of aryl methyl sites for hydroxylation is 2. The van der Waals surface area contributed by atoms with E-state index in [1.807, 2.05) is 32.0 Å². The van der Waals surface area contributed by atoms with Crippen molar-refractivity contribution in [2.24, 2.45) is 5.10 Å². The van der Waals surface area contributed by atoms with Crippen LogP contribution in [0.4, 0.5) is 0 Å². The lowest BCUT2D eigenvalue weighted by molar-refractivity contribution is -0.120. The molecule has 0 radical (unpaired) electrons. The number of amides is 1. The molecule has 5 heteroatoms. The SMILES string of the molecule is Cc1ccc(CC(=O)N/N=C\c2ccc(O)c(O)c2)c(C)c1. The van der Waals surface area contributed by atoms with Crippen LogP contribution in [-0.4, -0.2) is 22.3 Å². The Morgan fingerprint density at radius 3 is 2.59 bits per heavy atom. The predicted octanol–water partition coefficient (Wildman–Crippen LogP) is 2.41. The quantitative estimate of drug-likeness (QED) is 0.460. The zero-order valence-corrected chi connectivity index (χ0v) is 12.5. The highest BCUT2D eigenvalue weighted by molar-refractivity contribution is 5.84. The number of nitrogens with zero attached hydrogens (tertiary/aromatic N) is 1. The molecule has 0 bridgehead atoms. The van der Waals surface area contributed by atoms with Crippen LogP contribution in [0.25, 0.3) is 0 Å². The van der Waals surface area contributed by atoms with Crippen LogP contribution in [0.1, 0.15) is 22.3 Å². The van der Waals surface area contributed by atoms with Crippen molar-refractivity contribution in [1.29, 1.82) is 0 Å². The summed E-state index contributed by atoms with van der Waals surface area (Å²) in [6.07, 6.45) is 1.66. The van der Waals surface area contributed by atoms with Gasteiger partial charge in [0.1, 0.15) is 0 Å². The third kappa shape index (κ3) is 4.09. The molecular formula is C17H18N2O3. The van der Waals surface area contributed by atoms with Gasteiger partial charge in [-0.3, -0.25) is 4.79 Å². The Labute approximate surface area is 128 Å². The third-order valence-corrected chi connectivity index (χ3v) is 3.25. The fourth-order valence-electron chi connectivity index (χ4n) is 2.06. The number of phenolic OH excluding ortho intramolecular Hbond substituents is 2. The lowest BCUT2D eigenvalue weighted by atomic mass is 10.0. The van der Waals surface area contributed by atoms with Gasteiger partial charge in [-0.1, -0.05) is 23.8 Å². The number of benzene rings is 2. The van der Waals surface area contributed by atoms with E-state index in [2.05, 4.69) is 10.5 Å². The Balaban J connectivity index is 1.94. The maximum Gasteiger partial charge on any atom is 0.244 e. The topological polar surface area (TPSA) is 81.9 Å². The van der Waals surface area contributed by atoms with E-state index < -0.39 is 0 Å². The van der Waals surface area contributed by atoms with E-state index in [1.165, 1.54) is 18.3 Å². The van der Waals surface area contributed by atoms with Gasteiger partial charge < -0.3 is 10.2 Å². The smallest absolute Gasteiger partial charge is 0.244 e. The molecule has 0 aliphatic heterocycles. The Hall–Kier alpha value is -2.82. The van der Waals surface area contributed by atoms with Gasteiger partial charge in [-0.25, -0.2) is 5.43 Å². The molecule has 5 nitrogen and oxygen atoms in total. The van der Waals surface area contributed by atoms with Gasteiger partial charge in [0, 0.05) is 0 Å². The van der Waals surface area contributed by atoms with E-state index in [0.717, 1.165) is 16.7 Å². The van der Waals surface area contributed by atoms with Crippen molar-refractivity contribution >= 4 is 12.1 Å². The van der Waals surface area contributed by atoms with E-state index in [-0.39, 0.29) is 23.8 Å². The van der Waals surface area contributed by atoms with Gasteiger partial charge in [0.05, 0.1) is 12.6 Å². The molecule has 2 aromatic carbocycles. The van der Waals surface area contributed by atoms with E-state index in [1.54, 1.807) is 6.07 Å². The number of hydrazone groups is 1. The Bertz CT molecular complexity index is 724. The zero-order chi connectivity index (χ0) is 16.1. The highest BCUT2D eigenvalue weighted by atomic mass is 16.3. The highest BCUT2D eigenvalue weighted by Crippen LogP contribution is 2.23. The summed E-state index contributed by atoms with van der Waals surface area (Å²) < 4.78 is 0. The first-order valence-electron chi connectivity index (χ1n) is 6.85. The number of nitrogens with one attached hydrogen (secondary N) is 1. The molecule has 1 amide bonds. The third-order valence-electron chi connectivity index (χ3n) is 3.25. The summed E-state index contributed by atoms with van der Waals surface area (Å²) >= 11 is 0. The maximum atomic E-state index is 11.8. The van der Waals surface area contributed by atoms with Gasteiger partial charge in [-0.2, -0.15) is 5.10 Å². The molecule has 0 aliphatic rings. The molecular weight excluding hydrogens is 280 g/mol. The van der Waals surface area contributed by atoms with Gasteiger partial charge in [0.15, 0.2) is 11.5 Å². The summed E-state index contributed by atoms with van der Waals surface area (Å²) in [5.41, 5.74) is 6.20. The van der Waals surface area contributed by atoms with Crippen molar-refractivity contribution < 1.29 is 15.0 Å². The zero-order valence-electron chi connectivity index (χ0n) is 12.5. The predicted molar refractivity (Wildman–Crippen MR) is 85.1 cm³/mol. The first kappa shape index (κ1) is 15.6. The van der Waals surface area contributed by atoms with Crippen molar-refractivity contribution in [2.75, 3.05) is 0 Å². The molecule has 2 rings (SSSR count). The normalized spacial score (nSPS) is 10.8. The van der Waals surface area contributed by atoms with Crippen molar-refractivity contribution in [3.63, 3.8) is 0 Å². The van der Waals surface area contributed by atoms with Crippen molar-refractivity contribution in [2.45, 2.75) is 20.3 Å². The van der Waals surface area contributed by atoms with Crippen LogP contribution in [0, 0.1) is 13.8 Å². The number of hydrogen-bond acceptors (Lipinski definition) is 4. The average molecular weight is 298 g/mol. The first-order chi connectivity index (χ1) is 10.5. The highest BCUT2D eigenvalue weighted by Gasteiger charge is 2.05. The second-order valence-electron chi connectivity index (χ2n) is 5.15. The Morgan fingerprint density at radius 2 is 1.91 bits per heavy atom. The molecule has 22 heavy (non-hydrogen) atoms. The van der Waals surface area contributed by atoms with Crippen molar-refractivity contribution in [3.05, 3.63) is 58.7 Å². The summed E-state index contributed by atoms with van der Waals surface area (Å²) in [5.74, 6) is -0.646. The van der Waals surface area contributed by atoms with Crippen LogP contribution >= 0.6 is 0 Å². The second kappa shape index (κ2) is 6.76. The summed E-state index contributed by atoms with van der Waals surface area (Å²) in [4.78, 5) is 11.8. The minimum absolute atomic E-state index is 0.198. The molecule has 0 saturated heterocycles. The minimum Gasteiger partial charge on any atom is -0.504 e. The van der Waals surface area contributed by atoms with Crippen LogP contribution in [0.5, 0.6) is 11.5 Å². The molecule has 0 unspecified atom stereocenters. The summed E-state index contributed by atoms with van der Waals surface area (Å²) in [5, 5.41) is 22.4. The number of hydrogen-bond donors (Lipinski definition) is 3. The molecule has 3 N–H and O–H groups in total. The standard InChI is InChI=1S/C17H18N2O3/c1-11-3-5-14(12(2)7-11)9-17(22)19-18-10-13-4-6-15(20)16(21)8-13/h3-8,10,20-21H,9H2,1-2H3,(H,19,22)/b18-10-. The number of phenols is 2. The molecule has 0 heterocycles. The second-order valence-corrected chi connectivity index (χ2v) is 5.15. The molecule has 0 spiro atoms. The van der Waals surface area contributed by atoms with E-state index in [0.29, 0.717) is 5.56 Å². The fourth-order valence-corrected chi connectivity index (χ4v) is 2.06. The number of carbonyl (C=O) groups is 1. The molecule has 2 aromatic rings. The van der Waals surface area contributed by atoms with Gasteiger partial charge in [-0.05, 0) is 48.7 Å². The molecule has 0 aliphatic carbocycles. The van der Waals surface area contributed by atoms with Crippen LogP contribution in [0.3, 0.4) is 0 Å². The number of carbonyl (C=O) groups excluding carboxylic acids is 1. The summed E-state index contributed by atoms with van der Waals surface area (Å²) in [7, 11) is 0. The summed E-state index contributed by atoms with van der Waals surface area (Å²) in [6, 6.07) is 10.2. The van der Waals surface area contributed by atoms with E-state index in [9.17, 15) is 15.0 Å². The lowest BCUT2D eigenvalue weighted by Gasteiger charge is -2.05. The summed E-state index contributed by atoms with van der Waals surface area (Å²) in [6.45, 7) is 3.98. The Morgan fingerprint density at radius 1 is 1.14 bits per heavy atom. The average Bonchev–Trinajstić information content (AvgIpc) is 2.46.